The summed E-state index contributed by atoms with van der Waals surface area (Å²) in [5.41, 5.74) is -0.846. The zero-order valence-corrected chi connectivity index (χ0v) is 18.5. The highest BCUT2D eigenvalue weighted by Gasteiger charge is 2.35. The number of hydrogen-bond acceptors (Lipinski definition) is 6. The molecule has 8 nitrogen and oxygen atoms in total. The first-order valence-corrected chi connectivity index (χ1v) is 9.95. The molecule has 0 amide bonds. The van der Waals surface area contributed by atoms with Crippen molar-refractivity contribution in [3.8, 4) is 34.3 Å². The Morgan fingerprint density at radius 1 is 1.09 bits per heavy atom. The van der Waals surface area contributed by atoms with E-state index < -0.39 is 23.0 Å². The van der Waals surface area contributed by atoms with Crippen molar-refractivity contribution in [3.63, 3.8) is 0 Å². The average molecular weight is 474 g/mol. The van der Waals surface area contributed by atoms with E-state index in [1.54, 1.807) is 13.8 Å². The van der Waals surface area contributed by atoms with Gasteiger partial charge in [-0.25, -0.2) is 9.37 Å². The number of hydrogen-bond donors (Lipinski definition) is 1. The van der Waals surface area contributed by atoms with E-state index in [0.29, 0.717) is 17.5 Å². The van der Waals surface area contributed by atoms with E-state index in [0.717, 1.165) is 12.1 Å². The Hall–Kier alpha value is -4.09. The molecular formula is C22H18F4N6O2. The molecule has 0 aliphatic heterocycles. The Morgan fingerprint density at radius 2 is 1.82 bits per heavy atom. The van der Waals surface area contributed by atoms with E-state index in [2.05, 4.69) is 25.4 Å². The second-order valence-electron chi connectivity index (χ2n) is 7.64. The van der Waals surface area contributed by atoms with Crippen molar-refractivity contribution in [2.45, 2.75) is 26.9 Å². The van der Waals surface area contributed by atoms with Gasteiger partial charge in [-0.3, -0.25) is 4.79 Å². The van der Waals surface area contributed by atoms with Crippen LogP contribution in [0.5, 0.6) is 11.6 Å². The van der Waals surface area contributed by atoms with Gasteiger partial charge in [0.15, 0.2) is 5.43 Å². The highest BCUT2D eigenvalue weighted by Crippen LogP contribution is 2.41. The van der Waals surface area contributed by atoms with Crippen molar-refractivity contribution in [2.24, 2.45) is 7.05 Å². The van der Waals surface area contributed by atoms with Crippen molar-refractivity contribution < 1.29 is 22.3 Å². The fourth-order valence-electron chi connectivity index (χ4n) is 3.58. The number of tetrazole rings is 1. The molecule has 176 valence electrons. The zero-order valence-electron chi connectivity index (χ0n) is 18.5. The van der Waals surface area contributed by atoms with E-state index in [1.807, 2.05) is 0 Å². The summed E-state index contributed by atoms with van der Waals surface area (Å²) < 4.78 is 60.2. The molecule has 0 atom stereocenters. The number of halogens is 4. The first kappa shape index (κ1) is 23.1. The molecule has 0 aliphatic rings. The molecule has 3 heterocycles. The summed E-state index contributed by atoms with van der Waals surface area (Å²) in [6.07, 6.45) is -4.02. The van der Waals surface area contributed by atoms with Gasteiger partial charge in [-0.15, -0.1) is 10.2 Å². The number of H-pyrrole nitrogens is 1. The fourth-order valence-corrected chi connectivity index (χ4v) is 3.58. The zero-order chi connectivity index (χ0) is 24.8. The summed E-state index contributed by atoms with van der Waals surface area (Å²) in [6.45, 7) is 4.41. The maximum absolute atomic E-state index is 13.6. The molecule has 0 radical (unpaired) electrons. The molecule has 0 fully saturated rings. The van der Waals surface area contributed by atoms with E-state index in [-0.39, 0.29) is 39.8 Å². The quantitative estimate of drug-likeness (QED) is 0.437. The molecule has 0 saturated heterocycles. The third-order valence-electron chi connectivity index (χ3n) is 5.17. The second kappa shape index (κ2) is 8.36. The van der Waals surface area contributed by atoms with Crippen LogP contribution in [-0.2, 0) is 13.2 Å². The van der Waals surface area contributed by atoms with Crippen LogP contribution in [0.15, 0.2) is 35.3 Å². The molecule has 0 aliphatic carbocycles. The Bertz CT molecular complexity index is 1460. The number of nitrogens with zero attached hydrogens (tertiary/aromatic N) is 5. The highest BCUT2D eigenvalue weighted by atomic mass is 19.4. The summed E-state index contributed by atoms with van der Waals surface area (Å²) in [5, 5.41) is 11.6. The van der Waals surface area contributed by atoms with Gasteiger partial charge in [-0.2, -0.15) is 18.0 Å². The Morgan fingerprint density at radius 3 is 2.41 bits per heavy atom. The number of aryl methyl sites for hydroxylation is 3. The summed E-state index contributed by atoms with van der Waals surface area (Å²) in [5.74, 6) is -0.394. The fraction of sp³-hybridized carbons (Fsp3) is 0.227. The smallest absolute Gasteiger partial charge is 0.418 e. The predicted molar refractivity (Wildman–Crippen MR) is 114 cm³/mol. The molecule has 0 unspecified atom stereocenters. The molecule has 12 heteroatoms. The number of ether oxygens (including phenoxy) is 1. The minimum atomic E-state index is -4.69. The number of pyridine rings is 2. The minimum Gasteiger partial charge on any atom is -0.438 e. The largest absolute Gasteiger partial charge is 0.438 e. The van der Waals surface area contributed by atoms with E-state index >= 15 is 0 Å². The van der Waals surface area contributed by atoms with Crippen LogP contribution in [0.25, 0.3) is 22.6 Å². The molecule has 1 aromatic carbocycles. The van der Waals surface area contributed by atoms with Crippen LogP contribution in [-0.4, -0.2) is 30.2 Å². The van der Waals surface area contributed by atoms with Gasteiger partial charge in [0.05, 0.1) is 29.4 Å². The Labute approximate surface area is 190 Å². The number of nitrogens with one attached hydrogen (secondary N) is 1. The SMILES string of the molecule is Cc1cc(F)ccc1Oc1ncc(C(F)(F)F)c(C)c1-c1cc(=O)c(-c2nnn(C)n2)c(C)[nH]1. The lowest BCUT2D eigenvalue weighted by Gasteiger charge is -2.18. The molecular weight excluding hydrogens is 456 g/mol. The molecule has 0 bridgehead atoms. The van der Waals surface area contributed by atoms with Crippen LogP contribution in [0.3, 0.4) is 0 Å². The molecule has 4 aromatic rings. The average Bonchev–Trinajstić information content (AvgIpc) is 3.14. The summed E-state index contributed by atoms with van der Waals surface area (Å²) in [6, 6.07) is 4.86. The van der Waals surface area contributed by atoms with Crippen LogP contribution in [0.4, 0.5) is 17.6 Å². The lowest BCUT2D eigenvalue weighted by molar-refractivity contribution is -0.138. The van der Waals surface area contributed by atoms with Gasteiger partial charge in [0.1, 0.15) is 11.6 Å². The standard InChI is InChI=1S/C22H18F4N6O2/c1-10-7-13(23)5-6-17(10)34-21-18(11(2)14(9-27-21)22(24,25)26)15-8-16(33)19(12(3)28-15)20-29-31-32(4)30-20/h5-9H,1-4H3,(H,28,33). The number of aromatic nitrogens is 6. The van der Waals surface area contributed by atoms with E-state index in [9.17, 15) is 22.4 Å². The Kier molecular flexibility index (Phi) is 5.67. The number of rotatable bonds is 4. The van der Waals surface area contributed by atoms with Crippen LogP contribution < -0.4 is 10.2 Å². The van der Waals surface area contributed by atoms with Crippen LogP contribution in [0.1, 0.15) is 22.4 Å². The lowest BCUT2D eigenvalue weighted by atomic mass is 10.0. The molecule has 34 heavy (non-hydrogen) atoms. The van der Waals surface area contributed by atoms with Gasteiger partial charge >= 0.3 is 6.18 Å². The maximum atomic E-state index is 13.6. The van der Waals surface area contributed by atoms with Gasteiger partial charge < -0.3 is 9.72 Å². The molecule has 0 spiro atoms. The summed E-state index contributed by atoms with van der Waals surface area (Å²) in [7, 11) is 1.53. The summed E-state index contributed by atoms with van der Waals surface area (Å²) in [4.78, 5) is 21.0. The van der Waals surface area contributed by atoms with E-state index in [4.69, 9.17) is 4.74 Å². The molecule has 0 saturated carbocycles. The van der Waals surface area contributed by atoms with Crippen LogP contribution in [0, 0.1) is 26.6 Å². The van der Waals surface area contributed by atoms with Crippen molar-refractivity contribution >= 4 is 0 Å². The topological polar surface area (TPSA) is 98.6 Å². The molecule has 4 rings (SSSR count). The first-order chi connectivity index (χ1) is 16.0. The van der Waals surface area contributed by atoms with Crippen LogP contribution >= 0.6 is 0 Å². The Balaban J connectivity index is 1.92. The van der Waals surface area contributed by atoms with Gasteiger partial charge in [0.2, 0.25) is 11.7 Å². The number of alkyl halides is 3. The number of benzene rings is 1. The van der Waals surface area contributed by atoms with Gasteiger partial charge in [0, 0.05) is 18.0 Å². The van der Waals surface area contributed by atoms with Gasteiger partial charge in [-0.1, -0.05) is 0 Å². The normalized spacial score (nSPS) is 11.6. The third-order valence-corrected chi connectivity index (χ3v) is 5.17. The molecule has 3 aromatic heterocycles. The third kappa shape index (κ3) is 4.26. The van der Waals surface area contributed by atoms with Crippen LogP contribution in [0.2, 0.25) is 0 Å². The number of aromatic amines is 1. The van der Waals surface area contributed by atoms with Gasteiger partial charge in [-0.05, 0) is 55.3 Å². The summed E-state index contributed by atoms with van der Waals surface area (Å²) >= 11 is 0. The first-order valence-electron chi connectivity index (χ1n) is 9.95. The van der Waals surface area contributed by atoms with Crippen molar-refractivity contribution in [1.82, 2.24) is 30.2 Å². The lowest BCUT2D eigenvalue weighted by Crippen LogP contribution is -2.13. The predicted octanol–water partition coefficient (Wildman–Crippen LogP) is 4.50. The minimum absolute atomic E-state index is 0.0565. The second-order valence-corrected chi connectivity index (χ2v) is 7.64. The van der Waals surface area contributed by atoms with Crippen molar-refractivity contribution in [3.05, 3.63) is 68.9 Å². The van der Waals surface area contributed by atoms with Gasteiger partial charge in [0.25, 0.3) is 0 Å². The van der Waals surface area contributed by atoms with Crippen molar-refractivity contribution in [1.29, 1.82) is 0 Å². The highest BCUT2D eigenvalue weighted by molar-refractivity contribution is 5.73. The molecule has 1 N–H and O–H groups in total. The monoisotopic (exact) mass is 474 g/mol. The van der Waals surface area contributed by atoms with Crippen molar-refractivity contribution in [2.75, 3.05) is 0 Å². The maximum Gasteiger partial charge on any atom is 0.418 e. The van der Waals surface area contributed by atoms with E-state index in [1.165, 1.54) is 30.9 Å².